The van der Waals surface area contributed by atoms with Crippen LogP contribution >= 0.6 is 0 Å². The van der Waals surface area contributed by atoms with E-state index in [1.165, 1.54) is 28.7 Å². The van der Waals surface area contributed by atoms with Gasteiger partial charge in [0.15, 0.2) is 0 Å². The highest BCUT2D eigenvalue weighted by Crippen LogP contribution is 2.49. The fraction of sp³-hybridized carbons (Fsp3) is 0.308. The van der Waals surface area contributed by atoms with Gasteiger partial charge in [-0.15, -0.1) is 0 Å². The molecule has 1 N–H and O–H groups in total. The van der Waals surface area contributed by atoms with Crippen molar-refractivity contribution < 1.29 is 5.11 Å². The molecule has 0 amide bonds. The van der Waals surface area contributed by atoms with Crippen molar-refractivity contribution in [2.24, 2.45) is 10.8 Å². The molecule has 0 unspecified atom stereocenters. The van der Waals surface area contributed by atoms with E-state index in [0.717, 1.165) is 17.2 Å². The van der Waals surface area contributed by atoms with E-state index in [1.54, 1.807) is 0 Å². The van der Waals surface area contributed by atoms with Crippen LogP contribution in [0.25, 0.3) is 27.5 Å². The lowest BCUT2D eigenvalue weighted by atomic mass is 9.65. The lowest BCUT2D eigenvalue weighted by Crippen LogP contribution is -2.26. The normalized spacial score (nSPS) is 18.3. The summed E-state index contributed by atoms with van der Waals surface area (Å²) in [4.78, 5) is 0. The highest BCUT2D eigenvalue weighted by Gasteiger charge is 2.34. The second kappa shape index (κ2) is 6.27. The lowest BCUT2D eigenvalue weighted by molar-refractivity contribution is 0.229. The predicted molar refractivity (Wildman–Crippen MR) is 116 cm³/mol. The molecule has 4 rings (SSSR count). The molecular weight excluding hydrogens is 328 g/mol. The van der Waals surface area contributed by atoms with Gasteiger partial charge in [-0.1, -0.05) is 88.4 Å². The number of aromatic hydroxyl groups is 1. The van der Waals surface area contributed by atoms with Crippen molar-refractivity contribution in [2.75, 3.05) is 0 Å². The number of rotatable bonds is 2. The van der Waals surface area contributed by atoms with Crippen molar-refractivity contribution in [3.8, 4) is 16.9 Å². The number of allylic oxidation sites excluding steroid dienone is 2. The molecule has 0 fully saturated rings. The van der Waals surface area contributed by atoms with E-state index in [2.05, 4.69) is 70.2 Å². The Morgan fingerprint density at radius 1 is 0.704 bits per heavy atom. The van der Waals surface area contributed by atoms with Crippen LogP contribution in [-0.4, -0.2) is 5.11 Å². The summed E-state index contributed by atoms with van der Waals surface area (Å²) in [5, 5.41) is 12.3. The van der Waals surface area contributed by atoms with Crippen LogP contribution in [0.4, 0.5) is 0 Å². The Labute approximate surface area is 162 Å². The molecule has 1 nitrogen and oxygen atoms in total. The standard InChI is InChI=1S/C26H28O/c1-25(2)15-18(16-26(3,4)17-25)19-9-5-6-10-20(19)22-13-14-24(27)23-12-8-7-11-21(22)23/h5-15,27H,16-17H2,1-4H3. The molecule has 0 spiro atoms. The second-order valence-corrected chi connectivity index (χ2v) is 9.40. The first kappa shape index (κ1) is 17.9. The van der Waals surface area contributed by atoms with Crippen LogP contribution in [-0.2, 0) is 0 Å². The second-order valence-electron chi connectivity index (χ2n) is 9.40. The first-order chi connectivity index (χ1) is 12.8. The molecule has 0 heterocycles. The zero-order valence-corrected chi connectivity index (χ0v) is 16.7. The van der Waals surface area contributed by atoms with Crippen molar-refractivity contribution in [1.82, 2.24) is 0 Å². The average molecular weight is 357 g/mol. The third kappa shape index (κ3) is 3.39. The van der Waals surface area contributed by atoms with Crippen molar-refractivity contribution in [1.29, 1.82) is 0 Å². The van der Waals surface area contributed by atoms with Crippen molar-refractivity contribution in [3.05, 3.63) is 72.3 Å². The van der Waals surface area contributed by atoms with Crippen molar-refractivity contribution in [3.63, 3.8) is 0 Å². The SMILES string of the molecule is CC1(C)C=C(c2ccccc2-c2ccc(O)c3ccccc23)CC(C)(C)C1. The van der Waals surface area contributed by atoms with E-state index in [9.17, 15) is 5.11 Å². The number of phenolic OH excluding ortho intramolecular Hbond substituents is 1. The van der Waals surface area contributed by atoms with Crippen molar-refractivity contribution >= 4 is 16.3 Å². The van der Waals surface area contributed by atoms with Crippen molar-refractivity contribution in [2.45, 2.75) is 40.5 Å². The van der Waals surface area contributed by atoms with Gasteiger partial charge in [0.1, 0.15) is 5.75 Å². The zero-order chi connectivity index (χ0) is 19.2. The quantitative estimate of drug-likeness (QED) is 0.506. The first-order valence-electron chi connectivity index (χ1n) is 9.78. The lowest BCUT2D eigenvalue weighted by Gasteiger charge is -2.40. The maximum Gasteiger partial charge on any atom is 0.123 e. The third-order valence-corrected chi connectivity index (χ3v) is 5.63. The molecule has 1 heteroatoms. The highest BCUT2D eigenvalue weighted by molar-refractivity contribution is 6.02. The fourth-order valence-corrected chi connectivity index (χ4v) is 5.07. The molecule has 1 aliphatic rings. The number of hydrogen-bond donors (Lipinski definition) is 1. The Bertz CT molecular complexity index is 1040. The molecule has 0 aromatic heterocycles. The van der Waals surface area contributed by atoms with Gasteiger partial charge in [-0.05, 0) is 57.4 Å². The third-order valence-electron chi connectivity index (χ3n) is 5.63. The molecule has 1 aliphatic carbocycles. The van der Waals surface area contributed by atoms with Crippen LogP contribution in [0.15, 0.2) is 66.7 Å². The summed E-state index contributed by atoms with van der Waals surface area (Å²) < 4.78 is 0. The summed E-state index contributed by atoms with van der Waals surface area (Å²) in [6.45, 7) is 9.43. The van der Waals surface area contributed by atoms with Gasteiger partial charge < -0.3 is 5.11 Å². The van der Waals surface area contributed by atoms with Crippen LogP contribution in [0.2, 0.25) is 0 Å². The summed E-state index contributed by atoms with van der Waals surface area (Å²) in [5.41, 5.74) is 5.66. The summed E-state index contributed by atoms with van der Waals surface area (Å²) >= 11 is 0. The fourth-order valence-electron chi connectivity index (χ4n) is 5.07. The van der Waals surface area contributed by atoms with Gasteiger partial charge in [-0.2, -0.15) is 0 Å². The molecular formula is C26H28O. The van der Waals surface area contributed by atoms with Gasteiger partial charge in [-0.25, -0.2) is 0 Å². The summed E-state index contributed by atoms with van der Waals surface area (Å²) in [5.74, 6) is 0.339. The van der Waals surface area contributed by atoms with E-state index < -0.39 is 0 Å². The molecule has 0 saturated heterocycles. The van der Waals surface area contributed by atoms with Gasteiger partial charge in [-0.3, -0.25) is 0 Å². The maximum atomic E-state index is 10.3. The number of fused-ring (bicyclic) bond motifs is 1. The number of benzene rings is 3. The van der Waals surface area contributed by atoms with Gasteiger partial charge >= 0.3 is 0 Å². The smallest absolute Gasteiger partial charge is 0.123 e. The number of phenols is 1. The molecule has 3 aromatic carbocycles. The summed E-state index contributed by atoms with van der Waals surface area (Å²) in [6, 6.07) is 20.7. The molecule has 0 atom stereocenters. The van der Waals surface area contributed by atoms with Gasteiger partial charge in [0.25, 0.3) is 0 Å². The minimum atomic E-state index is 0.196. The molecule has 27 heavy (non-hydrogen) atoms. The Morgan fingerprint density at radius 2 is 1.33 bits per heavy atom. The topological polar surface area (TPSA) is 20.2 Å². The minimum Gasteiger partial charge on any atom is -0.507 e. The van der Waals surface area contributed by atoms with Crippen LogP contribution in [0.5, 0.6) is 5.75 Å². The molecule has 0 radical (unpaired) electrons. The largest absolute Gasteiger partial charge is 0.507 e. The predicted octanol–water partition coefficient (Wildman–Crippen LogP) is 7.44. The molecule has 0 aliphatic heterocycles. The van der Waals surface area contributed by atoms with Crippen LogP contribution < -0.4 is 0 Å². The molecule has 3 aromatic rings. The van der Waals surface area contributed by atoms with E-state index in [1.807, 2.05) is 24.3 Å². The molecule has 138 valence electrons. The van der Waals surface area contributed by atoms with E-state index in [0.29, 0.717) is 5.75 Å². The number of hydrogen-bond acceptors (Lipinski definition) is 1. The highest BCUT2D eigenvalue weighted by atomic mass is 16.3. The van der Waals surface area contributed by atoms with Crippen LogP contribution in [0.3, 0.4) is 0 Å². The summed E-state index contributed by atoms with van der Waals surface area (Å²) in [7, 11) is 0. The van der Waals surface area contributed by atoms with Gasteiger partial charge in [0, 0.05) is 5.39 Å². The molecule has 0 bridgehead atoms. The van der Waals surface area contributed by atoms with E-state index in [-0.39, 0.29) is 10.8 Å². The maximum absolute atomic E-state index is 10.3. The summed E-state index contributed by atoms with van der Waals surface area (Å²) in [6.07, 6.45) is 4.76. The average Bonchev–Trinajstić information content (AvgIpc) is 2.60. The minimum absolute atomic E-state index is 0.196. The Balaban J connectivity index is 1.94. The van der Waals surface area contributed by atoms with Crippen LogP contribution in [0.1, 0.15) is 46.1 Å². The van der Waals surface area contributed by atoms with E-state index in [4.69, 9.17) is 0 Å². The first-order valence-corrected chi connectivity index (χ1v) is 9.78. The van der Waals surface area contributed by atoms with Crippen LogP contribution in [0, 0.1) is 10.8 Å². The molecule has 0 saturated carbocycles. The Hall–Kier alpha value is -2.54. The Morgan fingerprint density at radius 3 is 2.04 bits per heavy atom. The van der Waals surface area contributed by atoms with Gasteiger partial charge in [0.05, 0.1) is 0 Å². The van der Waals surface area contributed by atoms with Gasteiger partial charge in [0.2, 0.25) is 0 Å². The van der Waals surface area contributed by atoms with E-state index >= 15 is 0 Å². The zero-order valence-electron chi connectivity index (χ0n) is 16.7. The monoisotopic (exact) mass is 356 g/mol. The Kier molecular flexibility index (Phi) is 4.14.